The molecule has 2 nitrogen and oxygen atoms in total. The second-order valence-electron chi connectivity index (χ2n) is 2.42. The molecule has 0 spiro atoms. The Labute approximate surface area is 69.9 Å². The van der Waals surface area contributed by atoms with Crippen molar-refractivity contribution in [1.82, 2.24) is 0 Å². The average Bonchev–Trinajstić information content (AvgIpc) is 2.58. The lowest BCUT2D eigenvalue weighted by molar-refractivity contribution is 0.816. The minimum absolute atomic E-state index is 0.293. The van der Waals surface area contributed by atoms with Crippen LogP contribution >= 0.6 is 11.9 Å². The number of nitrogens with zero attached hydrogens (tertiary/aromatic N) is 2. The van der Waals surface area contributed by atoms with Crippen molar-refractivity contribution in [1.29, 1.82) is 0 Å². The third-order valence-electron chi connectivity index (χ3n) is 1.66. The molecule has 0 N–H and O–H groups in total. The van der Waals surface area contributed by atoms with Gasteiger partial charge in [-0.1, -0.05) is 30.3 Å². The van der Waals surface area contributed by atoms with Crippen molar-refractivity contribution in [2.45, 2.75) is 6.04 Å². The molecule has 0 aliphatic carbocycles. The van der Waals surface area contributed by atoms with Gasteiger partial charge in [-0.3, -0.25) is 0 Å². The molecule has 0 saturated carbocycles. The van der Waals surface area contributed by atoms with E-state index < -0.39 is 0 Å². The normalized spacial score (nSPS) is 22.4. The van der Waals surface area contributed by atoms with Gasteiger partial charge in [0.25, 0.3) is 0 Å². The predicted octanol–water partition coefficient (Wildman–Crippen LogP) is 2.84. The van der Waals surface area contributed by atoms with Crippen molar-refractivity contribution in [2.24, 2.45) is 9.63 Å². The summed E-state index contributed by atoms with van der Waals surface area (Å²) in [6.45, 7) is 0. The summed E-state index contributed by atoms with van der Waals surface area (Å²) >= 11 is 1.54. The van der Waals surface area contributed by atoms with Crippen molar-refractivity contribution in [3.8, 4) is 0 Å². The monoisotopic (exact) mass is 164 g/mol. The topological polar surface area (TPSA) is 24.7 Å². The van der Waals surface area contributed by atoms with E-state index in [1.54, 1.807) is 0 Å². The third-order valence-corrected chi connectivity index (χ3v) is 2.34. The summed E-state index contributed by atoms with van der Waals surface area (Å²) in [5, 5.41) is 4.09. The fraction of sp³-hybridized carbons (Fsp3) is 0.250. The van der Waals surface area contributed by atoms with Gasteiger partial charge in [-0.15, -0.1) is 4.52 Å². The third kappa shape index (κ3) is 1.43. The van der Waals surface area contributed by atoms with Gasteiger partial charge < -0.3 is 0 Å². The van der Waals surface area contributed by atoms with Gasteiger partial charge in [0.05, 0.1) is 0 Å². The molecule has 11 heavy (non-hydrogen) atoms. The van der Waals surface area contributed by atoms with Crippen LogP contribution in [0.1, 0.15) is 11.6 Å². The van der Waals surface area contributed by atoms with Crippen molar-refractivity contribution >= 4 is 11.9 Å². The Hall–Kier alpha value is -0.830. The second-order valence-corrected chi connectivity index (χ2v) is 3.17. The molecule has 1 unspecified atom stereocenters. The fourth-order valence-corrected chi connectivity index (χ4v) is 1.71. The summed E-state index contributed by atoms with van der Waals surface area (Å²) in [6.07, 6.45) is 0. The Morgan fingerprint density at radius 3 is 2.73 bits per heavy atom. The summed E-state index contributed by atoms with van der Waals surface area (Å²) in [4.78, 5) is 0. The van der Waals surface area contributed by atoms with Gasteiger partial charge in [-0.05, 0) is 17.5 Å². The molecular formula is C8H8N2S. The van der Waals surface area contributed by atoms with Gasteiger partial charge in [-0.25, -0.2) is 0 Å². The largest absolute Gasteiger partial charge is 0.173 e. The van der Waals surface area contributed by atoms with Gasteiger partial charge in [-0.2, -0.15) is 5.11 Å². The zero-order chi connectivity index (χ0) is 7.52. The second kappa shape index (κ2) is 3.05. The molecule has 0 bridgehead atoms. The first-order valence-corrected chi connectivity index (χ1v) is 4.48. The highest BCUT2D eigenvalue weighted by Gasteiger charge is 2.13. The number of hydrogen-bond donors (Lipinski definition) is 0. The van der Waals surface area contributed by atoms with Crippen LogP contribution in [0, 0.1) is 0 Å². The van der Waals surface area contributed by atoms with Gasteiger partial charge in [0.1, 0.15) is 6.04 Å². The van der Waals surface area contributed by atoms with Crippen LogP contribution in [0.15, 0.2) is 40.0 Å². The summed E-state index contributed by atoms with van der Waals surface area (Å²) < 4.78 is 3.88. The zero-order valence-corrected chi connectivity index (χ0v) is 6.79. The molecule has 1 aliphatic rings. The zero-order valence-electron chi connectivity index (χ0n) is 5.97. The van der Waals surface area contributed by atoms with Crippen molar-refractivity contribution in [3.63, 3.8) is 0 Å². The highest BCUT2D eigenvalue weighted by molar-refractivity contribution is 7.98. The first kappa shape index (κ1) is 6.85. The average molecular weight is 164 g/mol. The molecule has 56 valence electrons. The lowest BCUT2D eigenvalue weighted by atomic mass is 10.1. The molecule has 0 saturated heterocycles. The Kier molecular flexibility index (Phi) is 1.90. The van der Waals surface area contributed by atoms with E-state index in [1.165, 1.54) is 17.5 Å². The maximum atomic E-state index is 4.09. The smallest absolute Gasteiger partial charge is 0.108 e. The molecule has 1 aromatic carbocycles. The molecule has 1 aromatic rings. The van der Waals surface area contributed by atoms with Crippen LogP contribution in [0.2, 0.25) is 0 Å². The fourth-order valence-electron chi connectivity index (χ4n) is 1.07. The van der Waals surface area contributed by atoms with E-state index in [4.69, 9.17) is 0 Å². The molecule has 0 amide bonds. The lowest BCUT2D eigenvalue weighted by Gasteiger charge is -2.01. The van der Waals surface area contributed by atoms with Crippen molar-refractivity contribution < 1.29 is 0 Å². The molecule has 1 aliphatic heterocycles. The number of rotatable bonds is 1. The molecule has 0 fully saturated rings. The Bertz CT molecular complexity index is 258. The summed E-state index contributed by atoms with van der Waals surface area (Å²) in [5.74, 6) is 0.990. The van der Waals surface area contributed by atoms with Gasteiger partial charge >= 0.3 is 0 Å². The quantitative estimate of drug-likeness (QED) is 0.586. The summed E-state index contributed by atoms with van der Waals surface area (Å²) in [6, 6.07) is 10.6. The van der Waals surface area contributed by atoms with E-state index in [-0.39, 0.29) is 0 Å². The van der Waals surface area contributed by atoms with E-state index in [0.717, 1.165) is 5.75 Å². The maximum absolute atomic E-state index is 4.09. The molecule has 3 heteroatoms. The molecule has 0 radical (unpaired) electrons. The van der Waals surface area contributed by atoms with Crippen LogP contribution in [0.4, 0.5) is 0 Å². The Balaban J connectivity index is 2.23. The van der Waals surface area contributed by atoms with Crippen LogP contribution in [0.25, 0.3) is 0 Å². The lowest BCUT2D eigenvalue weighted by Crippen LogP contribution is -1.92. The van der Waals surface area contributed by atoms with Gasteiger partial charge in [0, 0.05) is 5.75 Å². The van der Waals surface area contributed by atoms with Crippen LogP contribution in [0.3, 0.4) is 0 Å². The number of benzene rings is 1. The SMILES string of the molecule is c1ccc(C2CSN=N2)cc1. The van der Waals surface area contributed by atoms with E-state index in [9.17, 15) is 0 Å². The van der Waals surface area contributed by atoms with Crippen molar-refractivity contribution in [2.75, 3.05) is 5.75 Å². The van der Waals surface area contributed by atoms with Gasteiger partial charge in [0.15, 0.2) is 0 Å². The first-order valence-electron chi connectivity index (χ1n) is 3.54. The van der Waals surface area contributed by atoms with Crippen LogP contribution < -0.4 is 0 Å². The highest BCUT2D eigenvalue weighted by Crippen LogP contribution is 2.29. The molecule has 1 atom stereocenters. The predicted molar refractivity (Wildman–Crippen MR) is 46.5 cm³/mol. The molecule has 0 aromatic heterocycles. The maximum Gasteiger partial charge on any atom is 0.108 e. The molecule has 2 rings (SSSR count). The van der Waals surface area contributed by atoms with Crippen LogP contribution in [-0.2, 0) is 0 Å². The highest BCUT2D eigenvalue weighted by atomic mass is 32.2. The molecular weight excluding hydrogens is 156 g/mol. The van der Waals surface area contributed by atoms with E-state index in [1.807, 2.05) is 18.2 Å². The van der Waals surface area contributed by atoms with Gasteiger partial charge in [0.2, 0.25) is 0 Å². The summed E-state index contributed by atoms with van der Waals surface area (Å²) in [7, 11) is 0. The number of hydrogen-bond acceptors (Lipinski definition) is 3. The van der Waals surface area contributed by atoms with E-state index >= 15 is 0 Å². The van der Waals surface area contributed by atoms with Crippen LogP contribution in [0.5, 0.6) is 0 Å². The Morgan fingerprint density at radius 1 is 1.27 bits per heavy atom. The Morgan fingerprint density at radius 2 is 2.09 bits per heavy atom. The summed E-state index contributed by atoms with van der Waals surface area (Å²) in [5.41, 5.74) is 1.27. The van der Waals surface area contributed by atoms with Crippen molar-refractivity contribution in [3.05, 3.63) is 35.9 Å². The minimum Gasteiger partial charge on any atom is -0.173 e. The minimum atomic E-state index is 0.293. The van der Waals surface area contributed by atoms with E-state index in [0.29, 0.717) is 6.04 Å². The first-order chi connectivity index (χ1) is 5.47. The van der Waals surface area contributed by atoms with E-state index in [2.05, 4.69) is 21.8 Å². The van der Waals surface area contributed by atoms with Crippen LogP contribution in [-0.4, -0.2) is 5.75 Å². The molecule has 1 heterocycles. The standard InChI is InChI=1S/C8H8N2S/c1-2-4-7(5-3-1)8-6-11-10-9-8/h1-5,8H,6H2.